The Bertz CT molecular complexity index is 369. The molecule has 0 saturated carbocycles. The first kappa shape index (κ1) is 14.0. The van der Waals surface area contributed by atoms with Crippen molar-refractivity contribution in [1.82, 2.24) is 5.32 Å². The summed E-state index contributed by atoms with van der Waals surface area (Å²) in [6.45, 7) is 9.88. The van der Waals surface area contributed by atoms with Crippen molar-refractivity contribution in [2.75, 3.05) is 19.0 Å². The highest BCUT2D eigenvalue weighted by molar-refractivity contribution is 5.56. The number of anilines is 1. The van der Waals surface area contributed by atoms with Gasteiger partial charge in [-0.15, -0.1) is 0 Å². The Labute approximate surface area is 106 Å². The molecular weight excluding hydrogens is 208 g/mol. The highest BCUT2D eigenvalue weighted by atomic mass is 15.2. The molecule has 0 aliphatic heterocycles. The van der Waals surface area contributed by atoms with Crippen molar-refractivity contribution in [2.24, 2.45) is 0 Å². The first-order chi connectivity index (χ1) is 7.92. The zero-order chi connectivity index (χ0) is 13.1. The summed E-state index contributed by atoms with van der Waals surface area (Å²) in [5, 5.41) is 3.25. The van der Waals surface area contributed by atoms with E-state index in [4.69, 9.17) is 0 Å². The number of rotatable bonds is 5. The average molecular weight is 234 g/mol. The van der Waals surface area contributed by atoms with E-state index in [-0.39, 0.29) is 5.54 Å². The third-order valence-electron chi connectivity index (χ3n) is 3.74. The average Bonchev–Trinajstić information content (AvgIpc) is 2.29. The second-order valence-electron chi connectivity index (χ2n) is 5.39. The molecule has 17 heavy (non-hydrogen) atoms. The molecular formula is C15H26N2. The number of hydrogen-bond acceptors (Lipinski definition) is 2. The molecule has 0 aliphatic carbocycles. The summed E-state index contributed by atoms with van der Waals surface area (Å²) < 4.78 is 0. The Morgan fingerprint density at radius 1 is 1.29 bits per heavy atom. The molecule has 1 N–H and O–H groups in total. The molecule has 0 spiro atoms. The molecule has 0 radical (unpaired) electrons. The molecule has 0 unspecified atom stereocenters. The first-order valence-corrected chi connectivity index (χ1v) is 6.40. The molecule has 2 heteroatoms. The van der Waals surface area contributed by atoms with Crippen molar-refractivity contribution < 1.29 is 0 Å². The topological polar surface area (TPSA) is 15.3 Å². The maximum atomic E-state index is 3.25. The van der Waals surface area contributed by atoms with Crippen molar-refractivity contribution in [1.29, 1.82) is 0 Å². The Hall–Kier alpha value is -1.02. The van der Waals surface area contributed by atoms with Gasteiger partial charge in [0, 0.05) is 24.8 Å². The maximum absolute atomic E-state index is 3.25. The quantitative estimate of drug-likeness (QED) is 0.840. The van der Waals surface area contributed by atoms with Gasteiger partial charge < -0.3 is 10.2 Å². The van der Waals surface area contributed by atoms with E-state index in [1.807, 2.05) is 7.05 Å². The lowest BCUT2D eigenvalue weighted by Gasteiger charge is -2.38. The van der Waals surface area contributed by atoms with Gasteiger partial charge in [-0.05, 0) is 45.9 Å². The Morgan fingerprint density at radius 3 is 2.47 bits per heavy atom. The van der Waals surface area contributed by atoms with Crippen LogP contribution in [-0.2, 0) is 6.54 Å². The molecule has 1 rings (SSSR count). The van der Waals surface area contributed by atoms with Gasteiger partial charge >= 0.3 is 0 Å². The molecule has 0 atom stereocenters. The summed E-state index contributed by atoms with van der Waals surface area (Å²) in [6, 6.07) is 6.70. The van der Waals surface area contributed by atoms with E-state index in [2.05, 4.69) is 63.2 Å². The standard InChI is InChI=1S/C15H26N2/c1-7-15(3,4)17(6)14-9-8-12(2)10-13(14)11-16-5/h8-10,16H,7,11H2,1-6H3. The lowest BCUT2D eigenvalue weighted by Crippen LogP contribution is -2.41. The number of nitrogens with one attached hydrogen (secondary N) is 1. The van der Waals surface area contributed by atoms with Crippen LogP contribution in [0.1, 0.15) is 38.3 Å². The third-order valence-corrected chi connectivity index (χ3v) is 3.74. The molecule has 0 amide bonds. The van der Waals surface area contributed by atoms with Gasteiger partial charge in [-0.25, -0.2) is 0 Å². The molecule has 96 valence electrons. The molecule has 0 aliphatic rings. The van der Waals surface area contributed by atoms with Crippen molar-refractivity contribution in [2.45, 2.75) is 46.2 Å². The van der Waals surface area contributed by atoms with Gasteiger partial charge in [-0.3, -0.25) is 0 Å². The van der Waals surface area contributed by atoms with E-state index in [1.54, 1.807) is 0 Å². The van der Waals surface area contributed by atoms with Crippen LogP contribution in [0.25, 0.3) is 0 Å². The summed E-state index contributed by atoms with van der Waals surface area (Å²) in [4.78, 5) is 2.39. The smallest absolute Gasteiger partial charge is 0.0413 e. The normalized spacial score (nSPS) is 11.6. The van der Waals surface area contributed by atoms with Crippen LogP contribution < -0.4 is 10.2 Å². The number of nitrogens with zero attached hydrogens (tertiary/aromatic N) is 1. The molecule has 0 bridgehead atoms. The predicted molar refractivity (Wildman–Crippen MR) is 76.7 cm³/mol. The Kier molecular flexibility index (Phi) is 4.58. The van der Waals surface area contributed by atoms with Gasteiger partial charge in [-0.1, -0.05) is 24.6 Å². The fourth-order valence-corrected chi connectivity index (χ4v) is 1.94. The number of aryl methyl sites for hydroxylation is 1. The van der Waals surface area contributed by atoms with Gasteiger partial charge in [0.2, 0.25) is 0 Å². The summed E-state index contributed by atoms with van der Waals surface area (Å²) >= 11 is 0. The molecule has 0 heterocycles. The fraction of sp³-hybridized carbons (Fsp3) is 0.600. The molecule has 1 aromatic carbocycles. The van der Waals surface area contributed by atoms with Crippen molar-refractivity contribution in [3.05, 3.63) is 29.3 Å². The molecule has 0 saturated heterocycles. The largest absolute Gasteiger partial charge is 0.369 e. The zero-order valence-corrected chi connectivity index (χ0v) is 12.1. The van der Waals surface area contributed by atoms with Crippen LogP contribution in [0.5, 0.6) is 0 Å². The number of hydrogen-bond donors (Lipinski definition) is 1. The van der Waals surface area contributed by atoms with Crippen LogP contribution in [0.2, 0.25) is 0 Å². The van der Waals surface area contributed by atoms with Crippen LogP contribution in [0.3, 0.4) is 0 Å². The molecule has 0 aromatic heterocycles. The fourth-order valence-electron chi connectivity index (χ4n) is 1.94. The van der Waals surface area contributed by atoms with Crippen LogP contribution >= 0.6 is 0 Å². The summed E-state index contributed by atoms with van der Waals surface area (Å²) in [5.74, 6) is 0. The Balaban J connectivity index is 3.12. The van der Waals surface area contributed by atoms with Crippen LogP contribution in [0.15, 0.2) is 18.2 Å². The van der Waals surface area contributed by atoms with Crippen LogP contribution in [0, 0.1) is 6.92 Å². The third kappa shape index (κ3) is 3.22. The highest BCUT2D eigenvalue weighted by Gasteiger charge is 2.22. The molecule has 0 fully saturated rings. The maximum Gasteiger partial charge on any atom is 0.0413 e. The van der Waals surface area contributed by atoms with Gasteiger partial charge in [-0.2, -0.15) is 0 Å². The minimum Gasteiger partial charge on any atom is -0.369 e. The molecule has 2 nitrogen and oxygen atoms in total. The van der Waals surface area contributed by atoms with Gasteiger partial charge in [0.25, 0.3) is 0 Å². The van der Waals surface area contributed by atoms with Gasteiger partial charge in [0.05, 0.1) is 0 Å². The molecule has 1 aromatic rings. The second kappa shape index (κ2) is 5.54. The monoisotopic (exact) mass is 234 g/mol. The predicted octanol–water partition coefficient (Wildman–Crippen LogP) is 3.34. The lowest BCUT2D eigenvalue weighted by atomic mass is 9.97. The van der Waals surface area contributed by atoms with Gasteiger partial charge in [0.1, 0.15) is 0 Å². The van der Waals surface area contributed by atoms with Crippen molar-refractivity contribution in [3.63, 3.8) is 0 Å². The minimum absolute atomic E-state index is 0.192. The minimum atomic E-state index is 0.192. The van der Waals surface area contributed by atoms with E-state index in [0.717, 1.165) is 13.0 Å². The van der Waals surface area contributed by atoms with E-state index >= 15 is 0 Å². The summed E-state index contributed by atoms with van der Waals surface area (Å²) in [7, 11) is 4.18. The Morgan fingerprint density at radius 2 is 1.94 bits per heavy atom. The summed E-state index contributed by atoms with van der Waals surface area (Å²) in [5.41, 5.74) is 4.22. The van der Waals surface area contributed by atoms with E-state index < -0.39 is 0 Å². The van der Waals surface area contributed by atoms with E-state index in [9.17, 15) is 0 Å². The van der Waals surface area contributed by atoms with Crippen molar-refractivity contribution >= 4 is 5.69 Å². The lowest BCUT2D eigenvalue weighted by molar-refractivity contribution is 0.469. The van der Waals surface area contributed by atoms with Crippen LogP contribution in [0.4, 0.5) is 5.69 Å². The second-order valence-corrected chi connectivity index (χ2v) is 5.39. The summed E-state index contributed by atoms with van der Waals surface area (Å²) in [6.07, 6.45) is 1.14. The first-order valence-electron chi connectivity index (χ1n) is 6.40. The van der Waals surface area contributed by atoms with E-state index in [0.29, 0.717) is 0 Å². The highest BCUT2D eigenvalue weighted by Crippen LogP contribution is 2.28. The SMILES string of the molecule is CCC(C)(C)N(C)c1ccc(C)cc1CNC. The van der Waals surface area contributed by atoms with Gasteiger partial charge in [0.15, 0.2) is 0 Å². The zero-order valence-electron chi connectivity index (χ0n) is 12.1. The number of benzene rings is 1. The van der Waals surface area contributed by atoms with E-state index in [1.165, 1.54) is 16.8 Å². The van der Waals surface area contributed by atoms with Crippen LogP contribution in [-0.4, -0.2) is 19.6 Å². The van der Waals surface area contributed by atoms with Crippen molar-refractivity contribution in [3.8, 4) is 0 Å².